The molecule has 1 aliphatic heterocycles. The summed E-state index contributed by atoms with van der Waals surface area (Å²) in [6, 6.07) is 0.207. The van der Waals surface area contributed by atoms with Crippen LogP contribution in [0.15, 0.2) is 12.4 Å². The normalized spacial score (nSPS) is 19.8. The molecule has 0 unspecified atom stereocenters. The zero-order valence-electron chi connectivity index (χ0n) is 15.8. The van der Waals surface area contributed by atoms with Crippen molar-refractivity contribution in [3.63, 3.8) is 0 Å². The van der Waals surface area contributed by atoms with Gasteiger partial charge in [-0.05, 0) is 45.2 Å². The number of aryl methyl sites for hydroxylation is 1. The van der Waals surface area contributed by atoms with Gasteiger partial charge in [-0.2, -0.15) is 5.10 Å². The highest BCUT2D eigenvalue weighted by Gasteiger charge is 2.25. The molecule has 1 aromatic rings. The number of likely N-dealkylation sites (N-methyl/N-ethyl adjacent to an activating group) is 1. The zero-order valence-corrected chi connectivity index (χ0v) is 15.8. The number of hydrogen-bond donors (Lipinski definition) is 1. The van der Waals surface area contributed by atoms with Crippen molar-refractivity contribution in [2.24, 2.45) is 18.9 Å². The van der Waals surface area contributed by atoms with Crippen LogP contribution in [0.4, 0.5) is 4.79 Å². The molecule has 24 heavy (non-hydrogen) atoms. The Bertz CT molecular complexity index is 525. The second kappa shape index (κ2) is 8.51. The molecule has 6 heteroatoms. The van der Waals surface area contributed by atoms with E-state index in [1.807, 2.05) is 38.4 Å². The molecule has 0 aliphatic carbocycles. The van der Waals surface area contributed by atoms with Gasteiger partial charge >= 0.3 is 6.03 Å². The molecule has 2 heterocycles. The van der Waals surface area contributed by atoms with Crippen LogP contribution in [0.1, 0.15) is 44.7 Å². The van der Waals surface area contributed by atoms with Crippen molar-refractivity contribution in [3.8, 4) is 0 Å². The van der Waals surface area contributed by atoms with Crippen LogP contribution in [0.5, 0.6) is 0 Å². The number of likely N-dealkylation sites (tertiary alicyclic amines) is 1. The number of amides is 2. The zero-order chi connectivity index (χ0) is 17.7. The summed E-state index contributed by atoms with van der Waals surface area (Å²) in [5, 5.41) is 7.36. The fourth-order valence-corrected chi connectivity index (χ4v) is 3.62. The summed E-state index contributed by atoms with van der Waals surface area (Å²) >= 11 is 0. The molecule has 0 saturated carbocycles. The summed E-state index contributed by atoms with van der Waals surface area (Å²) in [5.74, 6) is 1.34. The molecule has 1 N–H and O–H groups in total. The monoisotopic (exact) mass is 335 g/mol. The Kier molecular flexibility index (Phi) is 6.66. The Hall–Kier alpha value is -1.56. The van der Waals surface area contributed by atoms with Crippen molar-refractivity contribution in [3.05, 3.63) is 18.0 Å². The van der Waals surface area contributed by atoms with Crippen molar-refractivity contribution in [1.82, 2.24) is 24.9 Å². The van der Waals surface area contributed by atoms with Gasteiger partial charge in [0.2, 0.25) is 0 Å². The lowest BCUT2D eigenvalue weighted by Crippen LogP contribution is -2.47. The SMILES string of the molecule is CC(C)C[C@H]1CCCN(C(=O)NC[C@@H](c2cnn(C)c2)N(C)C)C1. The van der Waals surface area contributed by atoms with E-state index in [1.54, 1.807) is 4.68 Å². The van der Waals surface area contributed by atoms with Crippen molar-refractivity contribution in [2.75, 3.05) is 33.7 Å². The van der Waals surface area contributed by atoms with E-state index in [0.717, 1.165) is 25.1 Å². The van der Waals surface area contributed by atoms with E-state index in [4.69, 9.17) is 0 Å². The van der Waals surface area contributed by atoms with E-state index in [0.29, 0.717) is 18.4 Å². The predicted molar refractivity (Wildman–Crippen MR) is 96.8 cm³/mol. The maximum absolute atomic E-state index is 12.6. The highest BCUT2D eigenvalue weighted by Crippen LogP contribution is 2.23. The average Bonchev–Trinajstić information content (AvgIpc) is 2.92. The standard InChI is InChI=1S/C18H33N5O/c1-14(2)9-15-7-6-8-23(12-15)18(24)19-11-17(21(3)4)16-10-20-22(5)13-16/h10,13-15,17H,6-9,11-12H2,1-5H3,(H,19,24)/t15-,17+/m1/s1. The third-order valence-corrected chi connectivity index (χ3v) is 4.79. The van der Waals surface area contributed by atoms with Gasteiger partial charge in [0, 0.05) is 38.4 Å². The number of urea groups is 1. The molecule has 1 aromatic heterocycles. The molecule has 2 amide bonds. The van der Waals surface area contributed by atoms with Gasteiger partial charge < -0.3 is 15.1 Å². The van der Waals surface area contributed by atoms with E-state index in [1.165, 1.54) is 12.8 Å². The van der Waals surface area contributed by atoms with Gasteiger partial charge in [0.05, 0.1) is 12.2 Å². The average molecular weight is 335 g/mol. The molecule has 2 rings (SSSR count). The van der Waals surface area contributed by atoms with Crippen LogP contribution < -0.4 is 5.32 Å². The molecule has 0 spiro atoms. The van der Waals surface area contributed by atoms with Crippen molar-refractivity contribution in [1.29, 1.82) is 0 Å². The topological polar surface area (TPSA) is 53.4 Å². The molecule has 6 nitrogen and oxygen atoms in total. The Balaban J connectivity index is 1.88. The maximum Gasteiger partial charge on any atom is 0.317 e. The number of nitrogens with zero attached hydrogens (tertiary/aromatic N) is 4. The summed E-state index contributed by atoms with van der Waals surface area (Å²) < 4.78 is 1.80. The van der Waals surface area contributed by atoms with Gasteiger partial charge in [-0.15, -0.1) is 0 Å². The molecule has 1 fully saturated rings. The third kappa shape index (κ3) is 5.23. The summed E-state index contributed by atoms with van der Waals surface area (Å²) in [6.45, 7) is 6.88. The van der Waals surface area contributed by atoms with Crippen LogP contribution in [-0.4, -0.2) is 59.3 Å². The van der Waals surface area contributed by atoms with Crippen molar-refractivity contribution in [2.45, 2.75) is 39.2 Å². The fraction of sp³-hybridized carbons (Fsp3) is 0.778. The first-order valence-electron chi connectivity index (χ1n) is 9.04. The number of piperidine rings is 1. The molecule has 2 atom stereocenters. The Morgan fingerprint density at radius 3 is 2.79 bits per heavy atom. The summed E-state index contributed by atoms with van der Waals surface area (Å²) in [6.07, 6.45) is 7.45. The van der Waals surface area contributed by atoms with E-state index in [-0.39, 0.29) is 12.1 Å². The fourth-order valence-electron chi connectivity index (χ4n) is 3.62. The highest BCUT2D eigenvalue weighted by atomic mass is 16.2. The van der Waals surface area contributed by atoms with Crippen LogP contribution in [0.25, 0.3) is 0 Å². The van der Waals surface area contributed by atoms with E-state index in [9.17, 15) is 4.79 Å². The van der Waals surface area contributed by atoms with Crippen LogP contribution in [-0.2, 0) is 7.05 Å². The number of carbonyl (C=O) groups excluding carboxylic acids is 1. The lowest BCUT2D eigenvalue weighted by atomic mass is 9.90. The second-order valence-corrected chi connectivity index (χ2v) is 7.70. The van der Waals surface area contributed by atoms with Crippen LogP contribution >= 0.6 is 0 Å². The number of carbonyl (C=O) groups is 1. The van der Waals surface area contributed by atoms with Gasteiger partial charge in [-0.3, -0.25) is 4.68 Å². The van der Waals surface area contributed by atoms with Gasteiger partial charge in [0.15, 0.2) is 0 Å². The Morgan fingerprint density at radius 2 is 2.21 bits per heavy atom. The van der Waals surface area contributed by atoms with E-state index < -0.39 is 0 Å². The summed E-state index contributed by atoms with van der Waals surface area (Å²) in [4.78, 5) is 16.7. The second-order valence-electron chi connectivity index (χ2n) is 7.70. The minimum absolute atomic E-state index is 0.0687. The molecule has 0 bridgehead atoms. The van der Waals surface area contributed by atoms with Gasteiger partial charge in [-0.25, -0.2) is 4.79 Å². The first-order chi connectivity index (χ1) is 11.4. The van der Waals surface area contributed by atoms with Crippen LogP contribution in [0.2, 0.25) is 0 Å². The quantitative estimate of drug-likeness (QED) is 0.869. The summed E-state index contributed by atoms with van der Waals surface area (Å²) in [7, 11) is 5.98. The molecule has 1 saturated heterocycles. The van der Waals surface area contributed by atoms with Crippen molar-refractivity contribution >= 4 is 6.03 Å². The largest absolute Gasteiger partial charge is 0.336 e. The van der Waals surface area contributed by atoms with Crippen LogP contribution in [0, 0.1) is 11.8 Å². The highest BCUT2D eigenvalue weighted by molar-refractivity contribution is 5.74. The lowest BCUT2D eigenvalue weighted by molar-refractivity contribution is 0.154. The number of aromatic nitrogens is 2. The van der Waals surface area contributed by atoms with Gasteiger partial charge in [0.25, 0.3) is 0 Å². The molecule has 0 radical (unpaired) electrons. The lowest BCUT2D eigenvalue weighted by Gasteiger charge is -2.34. The number of hydrogen-bond acceptors (Lipinski definition) is 3. The molecule has 1 aliphatic rings. The van der Waals surface area contributed by atoms with Gasteiger partial charge in [-0.1, -0.05) is 13.8 Å². The first-order valence-corrected chi connectivity index (χ1v) is 9.04. The molecule has 0 aromatic carbocycles. The summed E-state index contributed by atoms with van der Waals surface area (Å²) in [5.41, 5.74) is 1.12. The van der Waals surface area contributed by atoms with Gasteiger partial charge in [0.1, 0.15) is 0 Å². The first kappa shape index (κ1) is 18.8. The predicted octanol–water partition coefficient (Wildman–Crippen LogP) is 2.49. The van der Waals surface area contributed by atoms with E-state index in [2.05, 4.69) is 29.2 Å². The molecular weight excluding hydrogens is 302 g/mol. The minimum atomic E-state index is 0.0687. The number of nitrogens with one attached hydrogen (secondary N) is 1. The third-order valence-electron chi connectivity index (χ3n) is 4.79. The Labute approximate surface area is 146 Å². The molecule has 136 valence electrons. The van der Waals surface area contributed by atoms with Crippen molar-refractivity contribution < 1.29 is 4.79 Å². The Morgan fingerprint density at radius 1 is 1.46 bits per heavy atom. The number of rotatable bonds is 6. The van der Waals surface area contributed by atoms with Crippen LogP contribution in [0.3, 0.4) is 0 Å². The minimum Gasteiger partial charge on any atom is -0.336 e. The molecular formula is C18H33N5O. The van der Waals surface area contributed by atoms with E-state index >= 15 is 0 Å². The maximum atomic E-state index is 12.6. The smallest absolute Gasteiger partial charge is 0.317 e.